The fourth-order valence-corrected chi connectivity index (χ4v) is 1.74. The second kappa shape index (κ2) is 5.35. The van der Waals surface area contributed by atoms with E-state index in [2.05, 4.69) is 36.0 Å². The van der Waals surface area contributed by atoms with Crippen LogP contribution in [0.5, 0.6) is 0 Å². The average molecular weight is 212 g/mol. The van der Waals surface area contributed by atoms with Crippen molar-refractivity contribution in [2.24, 2.45) is 10.7 Å². The standard InChI is InChI=1S/C11H24N4/c1-11(2,3)14-10(12)13-6-9-15-7-4-5-8-15/h4-9H2,1-3H3,(H3,12,13,14). The molecule has 0 aromatic heterocycles. The van der Waals surface area contributed by atoms with Crippen molar-refractivity contribution in [2.75, 3.05) is 26.2 Å². The van der Waals surface area contributed by atoms with Crippen molar-refractivity contribution in [1.82, 2.24) is 10.2 Å². The Morgan fingerprint density at radius 1 is 1.33 bits per heavy atom. The van der Waals surface area contributed by atoms with E-state index in [1.54, 1.807) is 0 Å². The molecular formula is C11H24N4. The maximum Gasteiger partial charge on any atom is 0.189 e. The van der Waals surface area contributed by atoms with Crippen LogP contribution >= 0.6 is 0 Å². The predicted octanol–water partition coefficient (Wildman–Crippen LogP) is 0.785. The Hall–Kier alpha value is -0.770. The van der Waals surface area contributed by atoms with E-state index < -0.39 is 0 Å². The van der Waals surface area contributed by atoms with Crippen LogP contribution in [-0.2, 0) is 0 Å². The molecule has 0 aromatic carbocycles. The van der Waals surface area contributed by atoms with E-state index in [0.29, 0.717) is 5.96 Å². The smallest absolute Gasteiger partial charge is 0.189 e. The minimum atomic E-state index is 0.00122. The van der Waals surface area contributed by atoms with Crippen LogP contribution in [-0.4, -0.2) is 42.6 Å². The van der Waals surface area contributed by atoms with Crippen LogP contribution < -0.4 is 11.1 Å². The van der Waals surface area contributed by atoms with E-state index in [0.717, 1.165) is 13.1 Å². The van der Waals surface area contributed by atoms with Crippen LogP contribution in [0.4, 0.5) is 0 Å². The van der Waals surface area contributed by atoms with Gasteiger partial charge in [0.05, 0.1) is 6.54 Å². The normalized spacial score (nSPS) is 19.5. The Bertz CT molecular complexity index is 211. The highest BCUT2D eigenvalue weighted by molar-refractivity contribution is 5.78. The van der Waals surface area contributed by atoms with Gasteiger partial charge in [-0.05, 0) is 46.7 Å². The molecule has 15 heavy (non-hydrogen) atoms. The number of aliphatic imine (C=N–C) groups is 1. The molecule has 0 spiro atoms. The number of nitrogens with two attached hydrogens (primary N) is 1. The zero-order valence-corrected chi connectivity index (χ0v) is 10.2. The summed E-state index contributed by atoms with van der Waals surface area (Å²) in [5.74, 6) is 0.557. The van der Waals surface area contributed by atoms with Gasteiger partial charge in [0.2, 0.25) is 0 Å². The minimum Gasteiger partial charge on any atom is -0.370 e. The monoisotopic (exact) mass is 212 g/mol. The summed E-state index contributed by atoms with van der Waals surface area (Å²) in [6.07, 6.45) is 2.67. The molecule has 1 rings (SSSR count). The van der Waals surface area contributed by atoms with Crippen molar-refractivity contribution >= 4 is 5.96 Å². The molecule has 0 aromatic rings. The van der Waals surface area contributed by atoms with Gasteiger partial charge in [0, 0.05) is 12.1 Å². The fourth-order valence-electron chi connectivity index (χ4n) is 1.74. The molecule has 1 aliphatic heterocycles. The first-order chi connectivity index (χ1) is 6.97. The van der Waals surface area contributed by atoms with Gasteiger partial charge in [-0.15, -0.1) is 0 Å². The third kappa shape index (κ3) is 5.62. The molecule has 1 heterocycles. The van der Waals surface area contributed by atoms with Gasteiger partial charge in [-0.3, -0.25) is 4.99 Å². The lowest BCUT2D eigenvalue weighted by atomic mass is 10.1. The van der Waals surface area contributed by atoms with Crippen molar-refractivity contribution in [3.63, 3.8) is 0 Å². The molecule has 0 amide bonds. The predicted molar refractivity (Wildman–Crippen MR) is 65.1 cm³/mol. The molecular weight excluding hydrogens is 188 g/mol. The summed E-state index contributed by atoms with van der Waals surface area (Å²) in [6.45, 7) is 10.5. The van der Waals surface area contributed by atoms with E-state index >= 15 is 0 Å². The van der Waals surface area contributed by atoms with Gasteiger partial charge in [-0.2, -0.15) is 0 Å². The first kappa shape index (κ1) is 12.3. The highest BCUT2D eigenvalue weighted by atomic mass is 15.2. The Morgan fingerprint density at radius 3 is 2.47 bits per heavy atom. The van der Waals surface area contributed by atoms with Crippen molar-refractivity contribution < 1.29 is 0 Å². The lowest BCUT2D eigenvalue weighted by Crippen LogP contribution is -2.45. The van der Waals surface area contributed by atoms with Crippen LogP contribution in [0.2, 0.25) is 0 Å². The maximum absolute atomic E-state index is 5.76. The summed E-state index contributed by atoms with van der Waals surface area (Å²) >= 11 is 0. The van der Waals surface area contributed by atoms with Crippen molar-refractivity contribution in [3.05, 3.63) is 0 Å². The number of guanidine groups is 1. The van der Waals surface area contributed by atoms with Crippen molar-refractivity contribution in [3.8, 4) is 0 Å². The van der Waals surface area contributed by atoms with Gasteiger partial charge in [0.15, 0.2) is 5.96 Å². The zero-order valence-electron chi connectivity index (χ0n) is 10.2. The van der Waals surface area contributed by atoms with Gasteiger partial charge < -0.3 is 16.0 Å². The van der Waals surface area contributed by atoms with E-state index in [1.807, 2.05) is 0 Å². The van der Waals surface area contributed by atoms with E-state index in [-0.39, 0.29) is 5.54 Å². The van der Waals surface area contributed by atoms with Crippen LogP contribution in [0.25, 0.3) is 0 Å². The molecule has 88 valence electrons. The van der Waals surface area contributed by atoms with Crippen LogP contribution in [0.3, 0.4) is 0 Å². The van der Waals surface area contributed by atoms with Crippen LogP contribution in [0.1, 0.15) is 33.6 Å². The maximum atomic E-state index is 5.76. The number of likely N-dealkylation sites (tertiary alicyclic amines) is 1. The summed E-state index contributed by atoms with van der Waals surface area (Å²) in [5.41, 5.74) is 5.77. The van der Waals surface area contributed by atoms with Gasteiger partial charge in [0.25, 0.3) is 0 Å². The molecule has 1 saturated heterocycles. The quantitative estimate of drug-likeness (QED) is 0.537. The van der Waals surface area contributed by atoms with Gasteiger partial charge >= 0.3 is 0 Å². The molecule has 3 N–H and O–H groups in total. The summed E-state index contributed by atoms with van der Waals surface area (Å²) in [5, 5.41) is 3.15. The summed E-state index contributed by atoms with van der Waals surface area (Å²) in [6, 6.07) is 0. The highest BCUT2D eigenvalue weighted by Crippen LogP contribution is 2.05. The minimum absolute atomic E-state index is 0.00122. The van der Waals surface area contributed by atoms with Crippen molar-refractivity contribution in [2.45, 2.75) is 39.2 Å². The molecule has 0 bridgehead atoms. The van der Waals surface area contributed by atoms with Gasteiger partial charge in [0.1, 0.15) is 0 Å². The lowest BCUT2D eigenvalue weighted by molar-refractivity contribution is 0.349. The number of nitrogens with one attached hydrogen (secondary N) is 1. The number of hydrogen-bond donors (Lipinski definition) is 2. The molecule has 1 aliphatic rings. The highest BCUT2D eigenvalue weighted by Gasteiger charge is 2.11. The SMILES string of the molecule is CC(C)(C)NC(N)=NCCN1CCCC1. The number of nitrogens with zero attached hydrogens (tertiary/aromatic N) is 2. The summed E-state index contributed by atoms with van der Waals surface area (Å²) < 4.78 is 0. The van der Waals surface area contributed by atoms with E-state index in [1.165, 1.54) is 25.9 Å². The first-order valence-corrected chi connectivity index (χ1v) is 5.78. The van der Waals surface area contributed by atoms with Crippen molar-refractivity contribution in [1.29, 1.82) is 0 Å². The second-order valence-electron chi connectivity index (χ2n) is 5.19. The molecule has 4 heteroatoms. The second-order valence-corrected chi connectivity index (χ2v) is 5.19. The molecule has 1 fully saturated rings. The molecule has 4 nitrogen and oxygen atoms in total. The first-order valence-electron chi connectivity index (χ1n) is 5.78. The Labute approximate surface area is 92.9 Å². The van der Waals surface area contributed by atoms with Gasteiger partial charge in [-0.25, -0.2) is 0 Å². The number of hydrogen-bond acceptors (Lipinski definition) is 2. The Balaban J connectivity index is 2.18. The summed E-state index contributed by atoms with van der Waals surface area (Å²) in [4.78, 5) is 6.75. The number of rotatable bonds is 3. The molecule has 0 radical (unpaired) electrons. The van der Waals surface area contributed by atoms with E-state index in [4.69, 9.17) is 5.73 Å². The lowest BCUT2D eigenvalue weighted by Gasteiger charge is -2.21. The molecule has 0 aliphatic carbocycles. The van der Waals surface area contributed by atoms with Gasteiger partial charge in [-0.1, -0.05) is 0 Å². The Morgan fingerprint density at radius 2 is 1.93 bits per heavy atom. The Kier molecular flexibility index (Phi) is 4.39. The third-order valence-electron chi connectivity index (χ3n) is 2.40. The zero-order chi connectivity index (χ0) is 11.3. The largest absolute Gasteiger partial charge is 0.370 e. The fraction of sp³-hybridized carbons (Fsp3) is 0.909. The molecule has 0 saturated carbocycles. The average Bonchev–Trinajstić information content (AvgIpc) is 2.53. The third-order valence-corrected chi connectivity index (χ3v) is 2.40. The molecule has 0 unspecified atom stereocenters. The van der Waals surface area contributed by atoms with Crippen LogP contribution in [0.15, 0.2) is 4.99 Å². The topological polar surface area (TPSA) is 53.6 Å². The van der Waals surface area contributed by atoms with Crippen LogP contribution in [0, 0.1) is 0 Å². The summed E-state index contributed by atoms with van der Waals surface area (Å²) in [7, 11) is 0. The molecule has 0 atom stereocenters. The van der Waals surface area contributed by atoms with E-state index in [9.17, 15) is 0 Å².